The first kappa shape index (κ1) is 25.0. The molecule has 6 aromatic rings. The number of rotatable bonds is 6. The minimum absolute atomic E-state index is 1.20. The third-order valence-electron chi connectivity index (χ3n) is 6.97. The van der Waals surface area contributed by atoms with Crippen molar-refractivity contribution >= 4 is 57.6 Å². The van der Waals surface area contributed by atoms with Gasteiger partial charge < -0.3 is 0 Å². The number of hydrogen-bond acceptors (Lipinski definition) is 1. The predicted octanol–water partition coefficient (Wildman–Crippen LogP) is 11.1. The van der Waals surface area contributed by atoms with Gasteiger partial charge in [-0.1, -0.05) is 132 Å². The van der Waals surface area contributed by atoms with Gasteiger partial charge in [-0.25, -0.2) is 0 Å². The van der Waals surface area contributed by atoms with Crippen LogP contribution in [0.2, 0.25) is 0 Å². The van der Waals surface area contributed by atoms with Crippen molar-refractivity contribution in [2.24, 2.45) is 0 Å². The molecule has 0 bridgehead atoms. The zero-order chi connectivity index (χ0) is 26.6. The molecule has 0 amide bonds. The van der Waals surface area contributed by atoms with Gasteiger partial charge in [0.05, 0.1) is 0 Å². The van der Waals surface area contributed by atoms with Crippen LogP contribution in [0.15, 0.2) is 131 Å². The maximum atomic E-state index is 2.25. The normalized spacial score (nSPS) is 11.7. The third kappa shape index (κ3) is 6.22. The van der Waals surface area contributed by atoms with Crippen LogP contribution in [0.1, 0.15) is 33.4 Å². The summed E-state index contributed by atoms with van der Waals surface area (Å²) in [5.74, 6) is 0. The van der Waals surface area contributed by atoms with Crippen LogP contribution in [0.5, 0.6) is 0 Å². The van der Waals surface area contributed by atoms with Crippen LogP contribution in [0.3, 0.4) is 0 Å². The fourth-order valence-corrected chi connectivity index (χ4v) is 5.61. The summed E-state index contributed by atoms with van der Waals surface area (Å²) in [4.78, 5) is 2.48. The van der Waals surface area contributed by atoms with Crippen LogP contribution in [-0.2, 0) is 0 Å². The average Bonchev–Trinajstić information content (AvgIpc) is 2.96. The van der Waals surface area contributed by atoms with Crippen molar-refractivity contribution < 1.29 is 0 Å². The first-order valence-corrected chi connectivity index (χ1v) is 14.1. The van der Waals surface area contributed by atoms with Gasteiger partial charge in [0.1, 0.15) is 0 Å². The minimum atomic E-state index is 1.20. The average molecular weight is 519 g/mol. The van der Waals surface area contributed by atoms with Crippen molar-refractivity contribution in [2.45, 2.75) is 23.6 Å². The lowest BCUT2D eigenvalue weighted by atomic mass is 10.0. The highest BCUT2D eigenvalue weighted by Crippen LogP contribution is 2.29. The van der Waals surface area contributed by atoms with Gasteiger partial charge in [-0.15, -0.1) is 0 Å². The van der Waals surface area contributed by atoms with E-state index in [-0.39, 0.29) is 0 Å². The summed E-state index contributed by atoms with van der Waals surface area (Å²) in [6.45, 7) is 4.27. The first-order valence-electron chi connectivity index (χ1n) is 13.3. The fourth-order valence-electron chi connectivity index (χ4n) is 4.79. The van der Waals surface area contributed by atoms with E-state index < -0.39 is 0 Å². The van der Waals surface area contributed by atoms with Gasteiger partial charge in [-0.2, -0.15) is 0 Å². The molecule has 0 fully saturated rings. The van der Waals surface area contributed by atoms with Crippen molar-refractivity contribution in [3.8, 4) is 0 Å². The molecule has 0 unspecified atom stereocenters. The van der Waals surface area contributed by atoms with Gasteiger partial charge in [-0.3, -0.25) is 0 Å². The number of fused-ring (bicyclic) bond motifs is 2. The zero-order valence-corrected chi connectivity index (χ0v) is 23.1. The Kier molecular flexibility index (Phi) is 7.17. The molecule has 0 saturated carbocycles. The molecule has 0 saturated heterocycles. The molecule has 0 aliphatic heterocycles. The van der Waals surface area contributed by atoms with E-state index >= 15 is 0 Å². The Hall–Kier alpha value is -4.33. The monoisotopic (exact) mass is 518 g/mol. The van der Waals surface area contributed by atoms with Gasteiger partial charge in [0.15, 0.2) is 0 Å². The first-order chi connectivity index (χ1) is 19.1. The van der Waals surface area contributed by atoms with Crippen molar-refractivity contribution in [3.63, 3.8) is 0 Å². The lowest BCUT2D eigenvalue weighted by Crippen LogP contribution is -1.79. The standard InChI is InChI=1S/C38H30S/c1-27-3-15-35-25-31(9-17-33(35)23-27)7-5-29-11-19-37(20-12-29)39-38-21-13-30(14-22-38)6-8-32-10-18-34-24-28(2)4-16-36(34)26-32/h3-26H,1-2H3/b7-5+,8-6+. The van der Waals surface area contributed by atoms with Crippen LogP contribution >= 0.6 is 11.8 Å². The molecule has 6 rings (SSSR count). The van der Waals surface area contributed by atoms with Crippen LogP contribution in [0.4, 0.5) is 0 Å². The molecule has 188 valence electrons. The molecular weight excluding hydrogens is 488 g/mol. The van der Waals surface area contributed by atoms with E-state index in [1.165, 1.54) is 64.7 Å². The van der Waals surface area contributed by atoms with Crippen LogP contribution in [-0.4, -0.2) is 0 Å². The zero-order valence-electron chi connectivity index (χ0n) is 22.3. The van der Waals surface area contributed by atoms with E-state index in [2.05, 4.69) is 159 Å². The van der Waals surface area contributed by atoms with Crippen molar-refractivity contribution in [3.05, 3.63) is 155 Å². The van der Waals surface area contributed by atoms with Crippen LogP contribution in [0, 0.1) is 13.8 Å². The highest BCUT2D eigenvalue weighted by atomic mass is 32.2. The molecule has 1 heteroatoms. The van der Waals surface area contributed by atoms with E-state index in [9.17, 15) is 0 Å². The maximum Gasteiger partial charge on any atom is 0.0122 e. The Labute approximate surface area is 235 Å². The lowest BCUT2D eigenvalue weighted by molar-refractivity contribution is 1.40. The molecular formula is C38H30S. The highest BCUT2D eigenvalue weighted by Gasteiger charge is 2.00. The van der Waals surface area contributed by atoms with Gasteiger partial charge in [0.2, 0.25) is 0 Å². The SMILES string of the molecule is Cc1ccc2cc(/C=C/c3ccc(Sc4ccc(/C=C/c5ccc6cc(C)ccc6c5)cc4)cc3)ccc2c1. The van der Waals surface area contributed by atoms with E-state index in [1.807, 2.05) is 0 Å². The molecule has 0 radical (unpaired) electrons. The Balaban J connectivity index is 1.08. The summed E-state index contributed by atoms with van der Waals surface area (Å²) in [6.07, 6.45) is 8.74. The topological polar surface area (TPSA) is 0 Å². The van der Waals surface area contributed by atoms with E-state index in [4.69, 9.17) is 0 Å². The minimum Gasteiger partial charge on any atom is -0.0901 e. The third-order valence-corrected chi connectivity index (χ3v) is 7.99. The maximum absolute atomic E-state index is 2.25. The molecule has 0 atom stereocenters. The van der Waals surface area contributed by atoms with Gasteiger partial charge >= 0.3 is 0 Å². The molecule has 0 N–H and O–H groups in total. The summed E-state index contributed by atoms with van der Waals surface area (Å²) in [6, 6.07) is 44.0. The molecule has 0 aliphatic rings. The smallest absolute Gasteiger partial charge is 0.0122 e. The Morgan fingerprint density at radius 1 is 0.359 bits per heavy atom. The lowest BCUT2D eigenvalue weighted by Gasteiger charge is -2.04. The Morgan fingerprint density at radius 2 is 0.692 bits per heavy atom. The van der Waals surface area contributed by atoms with Crippen molar-refractivity contribution in [1.29, 1.82) is 0 Å². The predicted molar refractivity (Wildman–Crippen MR) is 172 cm³/mol. The summed E-state index contributed by atoms with van der Waals surface area (Å²) >= 11 is 1.79. The highest BCUT2D eigenvalue weighted by molar-refractivity contribution is 7.99. The second kappa shape index (κ2) is 11.2. The molecule has 0 aromatic heterocycles. The van der Waals surface area contributed by atoms with E-state index in [0.29, 0.717) is 0 Å². The van der Waals surface area contributed by atoms with Gasteiger partial charge in [-0.05, 0) is 94.0 Å². The number of benzene rings is 6. The molecule has 0 spiro atoms. The van der Waals surface area contributed by atoms with Crippen molar-refractivity contribution in [1.82, 2.24) is 0 Å². The van der Waals surface area contributed by atoms with Crippen molar-refractivity contribution in [2.75, 3.05) is 0 Å². The fraction of sp³-hybridized carbons (Fsp3) is 0.0526. The second-order valence-electron chi connectivity index (χ2n) is 10.1. The quantitative estimate of drug-likeness (QED) is 0.198. The Morgan fingerprint density at radius 3 is 1.13 bits per heavy atom. The summed E-state index contributed by atoms with van der Waals surface area (Å²) in [7, 11) is 0. The van der Waals surface area contributed by atoms with Crippen LogP contribution in [0.25, 0.3) is 45.8 Å². The largest absolute Gasteiger partial charge is 0.0901 e. The molecule has 6 aromatic carbocycles. The molecule has 39 heavy (non-hydrogen) atoms. The number of aryl methyl sites for hydroxylation is 2. The molecule has 0 aliphatic carbocycles. The number of hydrogen-bond donors (Lipinski definition) is 0. The molecule has 0 heterocycles. The summed E-state index contributed by atoms with van der Waals surface area (Å²) < 4.78 is 0. The molecule has 0 nitrogen and oxygen atoms in total. The Bertz CT molecular complexity index is 1680. The van der Waals surface area contributed by atoms with Gasteiger partial charge in [0, 0.05) is 9.79 Å². The summed E-state index contributed by atoms with van der Waals surface area (Å²) in [5, 5.41) is 5.13. The van der Waals surface area contributed by atoms with E-state index in [0.717, 1.165) is 0 Å². The second-order valence-corrected chi connectivity index (χ2v) is 11.3. The van der Waals surface area contributed by atoms with Gasteiger partial charge in [0.25, 0.3) is 0 Å². The van der Waals surface area contributed by atoms with Crippen LogP contribution < -0.4 is 0 Å². The summed E-state index contributed by atoms with van der Waals surface area (Å²) in [5.41, 5.74) is 7.43. The van der Waals surface area contributed by atoms with E-state index in [1.54, 1.807) is 11.8 Å².